The normalized spacial score (nSPS) is 32.8. The minimum atomic E-state index is 0.697. The van der Waals surface area contributed by atoms with Crippen molar-refractivity contribution in [2.24, 2.45) is 5.92 Å². The molecule has 1 unspecified atom stereocenters. The molecule has 0 saturated carbocycles. The van der Waals surface area contributed by atoms with Gasteiger partial charge >= 0.3 is 0 Å². The second kappa shape index (κ2) is 4.24. The monoisotopic (exact) mass is 170 g/mol. The zero-order valence-electron chi connectivity index (χ0n) is 8.80. The molecule has 1 saturated heterocycles. The van der Waals surface area contributed by atoms with Crippen molar-refractivity contribution >= 4 is 0 Å². The molecule has 0 spiro atoms. The first-order valence-corrected chi connectivity index (χ1v) is 5.04. The molecule has 1 fully saturated rings. The Labute approximate surface area is 76.3 Å². The maximum absolute atomic E-state index is 3.48. The molecule has 1 N–H and O–H groups in total. The largest absolute Gasteiger partial charge is 0.314 e. The van der Waals surface area contributed by atoms with Crippen molar-refractivity contribution in [1.82, 2.24) is 10.2 Å². The van der Waals surface area contributed by atoms with Gasteiger partial charge in [-0.15, -0.1) is 0 Å². The van der Waals surface area contributed by atoms with E-state index in [1.54, 1.807) is 0 Å². The highest BCUT2D eigenvalue weighted by molar-refractivity contribution is 4.83. The molecule has 1 rings (SSSR count). The topological polar surface area (TPSA) is 15.3 Å². The maximum atomic E-state index is 3.48. The second-order valence-electron chi connectivity index (χ2n) is 4.46. The van der Waals surface area contributed by atoms with Crippen LogP contribution in [0.25, 0.3) is 0 Å². The number of nitrogens with one attached hydrogen (secondary N) is 1. The molecule has 1 heterocycles. The fraction of sp³-hybridized carbons (Fsp3) is 1.00. The lowest BCUT2D eigenvalue weighted by Gasteiger charge is -2.39. The first-order valence-electron chi connectivity index (χ1n) is 5.04. The van der Waals surface area contributed by atoms with Crippen molar-refractivity contribution < 1.29 is 0 Å². The van der Waals surface area contributed by atoms with Gasteiger partial charge in [-0.25, -0.2) is 0 Å². The molecule has 12 heavy (non-hydrogen) atoms. The van der Waals surface area contributed by atoms with Gasteiger partial charge in [0, 0.05) is 25.2 Å². The van der Waals surface area contributed by atoms with Crippen LogP contribution in [0, 0.1) is 5.92 Å². The lowest BCUT2D eigenvalue weighted by molar-refractivity contribution is 0.124. The number of likely N-dealkylation sites (N-methyl/N-ethyl adjacent to an activating group) is 1. The van der Waals surface area contributed by atoms with Gasteiger partial charge < -0.3 is 5.32 Å². The van der Waals surface area contributed by atoms with Gasteiger partial charge in [0.1, 0.15) is 0 Å². The van der Waals surface area contributed by atoms with Crippen molar-refractivity contribution in [3.05, 3.63) is 0 Å². The Morgan fingerprint density at radius 3 is 2.67 bits per heavy atom. The highest BCUT2D eigenvalue weighted by Crippen LogP contribution is 2.14. The summed E-state index contributed by atoms with van der Waals surface area (Å²) in [6, 6.07) is 1.44. The molecule has 0 aromatic heterocycles. The van der Waals surface area contributed by atoms with E-state index in [0.29, 0.717) is 6.04 Å². The maximum Gasteiger partial charge on any atom is 0.0223 e. The molecular formula is C10H22N2. The minimum absolute atomic E-state index is 0.697. The van der Waals surface area contributed by atoms with Crippen molar-refractivity contribution in [2.75, 3.05) is 20.1 Å². The molecule has 0 amide bonds. The number of rotatable bonds is 2. The van der Waals surface area contributed by atoms with E-state index in [0.717, 1.165) is 18.5 Å². The summed E-state index contributed by atoms with van der Waals surface area (Å²) in [5.74, 6) is 0.810. The molecule has 0 aromatic rings. The third-order valence-electron chi connectivity index (χ3n) is 2.83. The number of hydrogen-bond acceptors (Lipinski definition) is 2. The van der Waals surface area contributed by atoms with Crippen LogP contribution >= 0.6 is 0 Å². The first-order chi connectivity index (χ1) is 5.61. The Hall–Kier alpha value is -0.0800. The molecule has 0 aliphatic carbocycles. The molecule has 1 aliphatic heterocycles. The van der Waals surface area contributed by atoms with Gasteiger partial charge in [-0.05, 0) is 26.3 Å². The van der Waals surface area contributed by atoms with Crippen molar-refractivity contribution in [3.63, 3.8) is 0 Å². The van der Waals surface area contributed by atoms with Crippen LogP contribution in [0.2, 0.25) is 0 Å². The van der Waals surface area contributed by atoms with Gasteiger partial charge in [0.15, 0.2) is 0 Å². The van der Waals surface area contributed by atoms with E-state index in [1.165, 1.54) is 13.0 Å². The fourth-order valence-corrected chi connectivity index (χ4v) is 1.90. The SMILES string of the molecule is CC(C)CC1CNC[C@@H](C)N1C. The molecule has 72 valence electrons. The van der Waals surface area contributed by atoms with Gasteiger partial charge in [-0.2, -0.15) is 0 Å². The lowest BCUT2D eigenvalue weighted by atomic mass is 9.99. The summed E-state index contributed by atoms with van der Waals surface area (Å²) in [5.41, 5.74) is 0. The Balaban J connectivity index is 2.41. The predicted molar refractivity (Wildman–Crippen MR) is 53.3 cm³/mol. The van der Waals surface area contributed by atoms with Gasteiger partial charge in [-0.1, -0.05) is 13.8 Å². The summed E-state index contributed by atoms with van der Waals surface area (Å²) in [5, 5.41) is 3.48. The number of nitrogens with zero attached hydrogens (tertiary/aromatic N) is 1. The van der Waals surface area contributed by atoms with Crippen LogP contribution in [-0.4, -0.2) is 37.1 Å². The Bertz CT molecular complexity index is 134. The Morgan fingerprint density at radius 2 is 2.08 bits per heavy atom. The summed E-state index contributed by atoms with van der Waals surface area (Å²) < 4.78 is 0. The van der Waals surface area contributed by atoms with E-state index in [9.17, 15) is 0 Å². The number of piperazine rings is 1. The minimum Gasteiger partial charge on any atom is -0.314 e. The van der Waals surface area contributed by atoms with Crippen LogP contribution < -0.4 is 5.32 Å². The standard InChI is InChI=1S/C10H22N2/c1-8(2)5-10-7-11-6-9(3)12(10)4/h8-11H,5-7H2,1-4H3/t9-,10?/m1/s1. The van der Waals surface area contributed by atoms with Gasteiger partial charge in [0.25, 0.3) is 0 Å². The smallest absolute Gasteiger partial charge is 0.0223 e. The Kier molecular flexibility index (Phi) is 3.53. The quantitative estimate of drug-likeness (QED) is 0.672. The molecule has 0 aromatic carbocycles. The highest BCUT2D eigenvalue weighted by Gasteiger charge is 2.24. The van der Waals surface area contributed by atoms with Crippen LogP contribution in [-0.2, 0) is 0 Å². The van der Waals surface area contributed by atoms with Crippen LogP contribution in [0.4, 0.5) is 0 Å². The molecule has 2 atom stereocenters. The van der Waals surface area contributed by atoms with E-state index < -0.39 is 0 Å². The van der Waals surface area contributed by atoms with Gasteiger partial charge in [-0.3, -0.25) is 4.90 Å². The summed E-state index contributed by atoms with van der Waals surface area (Å²) >= 11 is 0. The van der Waals surface area contributed by atoms with Crippen molar-refractivity contribution in [3.8, 4) is 0 Å². The van der Waals surface area contributed by atoms with E-state index in [2.05, 4.69) is 38.0 Å². The van der Waals surface area contributed by atoms with Gasteiger partial charge in [0.05, 0.1) is 0 Å². The molecule has 2 heteroatoms. The van der Waals surface area contributed by atoms with Crippen molar-refractivity contribution in [1.29, 1.82) is 0 Å². The third-order valence-corrected chi connectivity index (χ3v) is 2.83. The summed E-state index contributed by atoms with van der Waals surface area (Å²) in [4.78, 5) is 2.51. The summed E-state index contributed by atoms with van der Waals surface area (Å²) in [6.45, 7) is 9.20. The highest BCUT2D eigenvalue weighted by atomic mass is 15.2. The van der Waals surface area contributed by atoms with Crippen LogP contribution in [0.5, 0.6) is 0 Å². The predicted octanol–water partition coefficient (Wildman–Crippen LogP) is 1.32. The number of hydrogen-bond donors (Lipinski definition) is 1. The zero-order valence-corrected chi connectivity index (χ0v) is 8.80. The third kappa shape index (κ3) is 2.46. The van der Waals surface area contributed by atoms with Crippen LogP contribution in [0.15, 0.2) is 0 Å². The second-order valence-corrected chi connectivity index (χ2v) is 4.46. The van der Waals surface area contributed by atoms with E-state index in [4.69, 9.17) is 0 Å². The fourth-order valence-electron chi connectivity index (χ4n) is 1.90. The Morgan fingerprint density at radius 1 is 1.42 bits per heavy atom. The molecule has 2 nitrogen and oxygen atoms in total. The molecular weight excluding hydrogens is 148 g/mol. The first kappa shape index (κ1) is 10.0. The van der Waals surface area contributed by atoms with E-state index >= 15 is 0 Å². The molecule has 1 aliphatic rings. The van der Waals surface area contributed by atoms with E-state index in [-0.39, 0.29) is 0 Å². The molecule has 0 radical (unpaired) electrons. The van der Waals surface area contributed by atoms with Crippen LogP contribution in [0.1, 0.15) is 27.2 Å². The average Bonchev–Trinajstić information content (AvgIpc) is 1.98. The average molecular weight is 170 g/mol. The zero-order chi connectivity index (χ0) is 9.14. The van der Waals surface area contributed by atoms with Crippen LogP contribution in [0.3, 0.4) is 0 Å². The van der Waals surface area contributed by atoms with Gasteiger partial charge in [0.2, 0.25) is 0 Å². The summed E-state index contributed by atoms with van der Waals surface area (Å²) in [7, 11) is 2.25. The summed E-state index contributed by atoms with van der Waals surface area (Å²) in [6.07, 6.45) is 1.31. The lowest BCUT2D eigenvalue weighted by Crippen LogP contribution is -2.54. The van der Waals surface area contributed by atoms with E-state index in [1.807, 2.05) is 0 Å². The molecule has 0 bridgehead atoms. The van der Waals surface area contributed by atoms with Crippen molar-refractivity contribution in [2.45, 2.75) is 39.3 Å².